The third-order valence-corrected chi connectivity index (χ3v) is 7.17. The second kappa shape index (κ2) is 11.5. The van der Waals surface area contributed by atoms with Gasteiger partial charge in [0.15, 0.2) is 0 Å². The summed E-state index contributed by atoms with van der Waals surface area (Å²) in [7, 11) is 0. The van der Waals surface area contributed by atoms with Crippen LogP contribution < -0.4 is 0 Å². The number of carbonyl (C=O) groups excluding carboxylic acids is 3. The molecule has 0 spiro atoms. The molecule has 0 N–H and O–H groups in total. The predicted molar refractivity (Wildman–Crippen MR) is 137 cm³/mol. The second-order valence-electron chi connectivity index (χ2n) is 10.2. The molecule has 0 saturated carbocycles. The molecule has 3 amide bonds. The number of hydrogen-bond acceptors (Lipinski definition) is 3. The molecule has 6 heteroatoms. The molecule has 6 nitrogen and oxygen atoms in total. The Morgan fingerprint density at radius 2 is 1.63 bits per heavy atom. The largest absolute Gasteiger partial charge is 0.341 e. The average molecular weight is 476 g/mol. The maximum absolute atomic E-state index is 13.7. The Kier molecular flexibility index (Phi) is 8.21. The maximum atomic E-state index is 13.7. The van der Waals surface area contributed by atoms with E-state index in [9.17, 15) is 14.4 Å². The summed E-state index contributed by atoms with van der Waals surface area (Å²) in [5.74, 6) is 0.428. The lowest BCUT2D eigenvalue weighted by molar-refractivity contribution is -0.154. The number of hydrogen-bond donors (Lipinski definition) is 0. The van der Waals surface area contributed by atoms with Gasteiger partial charge in [-0.3, -0.25) is 14.4 Å². The highest BCUT2D eigenvalue weighted by Crippen LogP contribution is 2.26. The van der Waals surface area contributed by atoms with Crippen molar-refractivity contribution in [1.82, 2.24) is 14.7 Å². The van der Waals surface area contributed by atoms with E-state index in [1.165, 1.54) is 0 Å². The third kappa shape index (κ3) is 6.30. The van der Waals surface area contributed by atoms with E-state index in [0.717, 1.165) is 17.5 Å². The molecule has 2 saturated heterocycles. The zero-order valence-electron chi connectivity index (χ0n) is 20.9. The Morgan fingerprint density at radius 1 is 0.971 bits per heavy atom. The van der Waals surface area contributed by atoms with Gasteiger partial charge in [0, 0.05) is 32.5 Å². The number of rotatable bonds is 8. The van der Waals surface area contributed by atoms with Crippen LogP contribution >= 0.6 is 0 Å². The molecule has 2 aliphatic heterocycles. The summed E-state index contributed by atoms with van der Waals surface area (Å²) in [6.07, 6.45) is 3.19. The van der Waals surface area contributed by atoms with E-state index in [0.29, 0.717) is 51.2 Å². The fraction of sp³-hybridized carbons (Fsp3) is 0.483. The minimum absolute atomic E-state index is 0.00806. The molecule has 0 aliphatic carbocycles. The molecule has 2 aliphatic rings. The molecule has 35 heavy (non-hydrogen) atoms. The van der Waals surface area contributed by atoms with Gasteiger partial charge < -0.3 is 14.7 Å². The minimum Gasteiger partial charge on any atom is -0.341 e. The zero-order valence-corrected chi connectivity index (χ0v) is 20.9. The minimum atomic E-state index is -0.522. The van der Waals surface area contributed by atoms with Gasteiger partial charge in [-0.25, -0.2) is 0 Å². The van der Waals surface area contributed by atoms with Crippen molar-refractivity contribution >= 4 is 17.7 Å². The summed E-state index contributed by atoms with van der Waals surface area (Å²) in [6.45, 7) is 6.20. The molecule has 2 heterocycles. The fourth-order valence-corrected chi connectivity index (χ4v) is 5.16. The van der Waals surface area contributed by atoms with Gasteiger partial charge in [-0.05, 0) is 36.3 Å². The lowest BCUT2D eigenvalue weighted by atomic mass is 9.99. The molecule has 2 atom stereocenters. The summed E-state index contributed by atoms with van der Waals surface area (Å²) in [5, 5.41) is 0. The van der Waals surface area contributed by atoms with Crippen LogP contribution in [0.15, 0.2) is 60.7 Å². The predicted octanol–water partition coefficient (Wildman–Crippen LogP) is 3.55. The standard InChI is InChI=1S/C29H37N3O3/c1-22(2)15-17-30-18-16-25-20-31(27(33)14-13-23-9-5-3-6-10-23)21-28(34)32(25)26(29(30)35)19-24-11-7-4-8-12-24/h3-12,22,25-26H,13-21H2,1-2H3. The van der Waals surface area contributed by atoms with E-state index >= 15 is 0 Å². The van der Waals surface area contributed by atoms with Crippen molar-refractivity contribution in [3.8, 4) is 0 Å². The Morgan fingerprint density at radius 3 is 2.29 bits per heavy atom. The Labute approximate surface area is 208 Å². The van der Waals surface area contributed by atoms with Gasteiger partial charge >= 0.3 is 0 Å². The molecule has 186 valence electrons. The normalized spacial score (nSPS) is 20.7. The summed E-state index contributed by atoms with van der Waals surface area (Å²) in [4.78, 5) is 45.6. The first-order valence-corrected chi connectivity index (χ1v) is 12.9. The van der Waals surface area contributed by atoms with Crippen LogP contribution in [0, 0.1) is 5.92 Å². The van der Waals surface area contributed by atoms with Crippen molar-refractivity contribution in [3.05, 3.63) is 71.8 Å². The molecular weight excluding hydrogens is 438 g/mol. The van der Waals surface area contributed by atoms with E-state index < -0.39 is 6.04 Å². The van der Waals surface area contributed by atoms with Gasteiger partial charge in [0.05, 0.1) is 12.6 Å². The molecule has 0 radical (unpaired) electrons. The van der Waals surface area contributed by atoms with Gasteiger partial charge in [0.25, 0.3) is 0 Å². The van der Waals surface area contributed by atoms with E-state index in [1.54, 1.807) is 4.90 Å². The number of amides is 3. The van der Waals surface area contributed by atoms with Gasteiger partial charge in [0.2, 0.25) is 17.7 Å². The highest BCUT2D eigenvalue weighted by atomic mass is 16.2. The van der Waals surface area contributed by atoms with Crippen molar-refractivity contribution in [3.63, 3.8) is 0 Å². The molecular formula is C29H37N3O3. The Balaban J connectivity index is 1.50. The maximum Gasteiger partial charge on any atom is 0.245 e. The van der Waals surface area contributed by atoms with Crippen LogP contribution in [-0.2, 0) is 27.2 Å². The SMILES string of the molecule is CC(C)CCN1CCC2CN(C(=O)CCc3ccccc3)CC(=O)N2C(Cc2ccccc2)C1=O. The molecule has 2 fully saturated rings. The first kappa shape index (κ1) is 25.0. The summed E-state index contributed by atoms with van der Waals surface area (Å²) in [6, 6.07) is 19.2. The molecule has 4 rings (SSSR count). The van der Waals surface area contributed by atoms with Gasteiger partial charge in [-0.1, -0.05) is 74.5 Å². The first-order valence-electron chi connectivity index (χ1n) is 12.9. The molecule has 2 aromatic carbocycles. The number of nitrogens with zero attached hydrogens (tertiary/aromatic N) is 3. The van der Waals surface area contributed by atoms with Crippen LogP contribution in [0.3, 0.4) is 0 Å². The van der Waals surface area contributed by atoms with Crippen molar-refractivity contribution in [2.75, 3.05) is 26.2 Å². The highest BCUT2D eigenvalue weighted by molar-refractivity contribution is 5.92. The number of carbonyl (C=O) groups is 3. The number of fused-ring (bicyclic) bond motifs is 1. The van der Waals surface area contributed by atoms with Crippen LogP contribution in [-0.4, -0.2) is 70.7 Å². The lowest BCUT2D eigenvalue weighted by Crippen LogP contribution is -2.62. The number of benzene rings is 2. The van der Waals surface area contributed by atoms with Crippen LogP contribution in [0.2, 0.25) is 0 Å². The average Bonchev–Trinajstić information content (AvgIpc) is 2.99. The van der Waals surface area contributed by atoms with Crippen LogP contribution in [0.25, 0.3) is 0 Å². The topological polar surface area (TPSA) is 60.9 Å². The lowest BCUT2D eigenvalue weighted by Gasteiger charge is -2.43. The molecule has 0 bridgehead atoms. The van der Waals surface area contributed by atoms with Gasteiger partial charge in [0.1, 0.15) is 6.04 Å². The Bertz CT molecular complexity index is 1010. The van der Waals surface area contributed by atoms with Crippen molar-refractivity contribution < 1.29 is 14.4 Å². The van der Waals surface area contributed by atoms with Gasteiger partial charge in [-0.2, -0.15) is 0 Å². The number of piperazine rings is 1. The van der Waals surface area contributed by atoms with Crippen molar-refractivity contribution in [2.24, 2.45) is 5.92 Å². The summed E-state index contributed by atoms with van der Waals surface area (Å²) >= 11 is 0. The van der Waals surface area contributed by atoms with E-state index in [-0.39, 0.29) is 30.3 Å². The third-order valence-electron chi connectivity index (χ3n) is 7.17. The van der Waals surface area contributed by atoms with E-state index in [2.05, 4.69) is 13.8 Å². The number of aryl methyl sites for hydroxylation is 1. The van der Waals surface area contributed by atoms with Crippen LogP contribution in [0.5, 0.6) is 0 Å². The van der Waals surface area contributed by atoms with Crippen LogP contribution in [0.1, 0.15) is 44.2 Å². The van der Waals surface area contributed by atoms with Crippen molar-refractivity contribution in [1.29, 1.82) is 0 Å². The molecule has 0 aromatic heterocycles. The Hall–Kier alpha value is -3.15. The highest BCUT2D eigenvalue weighted by Gasteiger charge is 2.44. The second-order valence-corrected chi connectivity index (χ2v) is 10.2. The zero-order chi connectivity index (χ0) is 24.8. The van der Waals surface area contributed by atoms with Crippen molar-refractivity contribution in [2.45, 2.75) is 58.0 Å². The molecule has 2 unspecified atom stereocenters. The van der Waals surface area contributed by atoms with Crippen LogP contribution in [0.4, 0.5) is 0 Å². The van der Waals surface area contributed by atoms with E-state index in [4.69, 9.17) is 0 Å². The molecule has 2 aromatic rings. The quantitative estimate of drug-likeness (QED) is 0.587. The smallest absolute Gasteiger partial charge is 0.245 e. The fourth-order valence-electron chi connectivity index (χ4n) is 5.16. The summed E-state index contributed by atoms with van der Waals surface area (Å²) < 4.78 is 0. The first-order chi connectivity index (χ1) is 16.9. The monoisotopic (exact) mass is 475 g/mol. The summed E-state index contributed by atoms with van der Waals surface area (Å²) in [5.41, 5.74) is 2.17. The van der Waals surface area contributed by atoms with E-state index in [1.807, 2.05) is 70.5 Å². The van der Waals surface area contributed by atoms with Gasteiger partial charge in [-0.15, -0.1) is 0 Å².